The maximum absolute atomic E-state index is 11.9. The van der Waals surface area contributed by atoms with Gasteiger partial charge in [-0.05, 0) is 37.0 Å². The van der Waals surface area contributed by atoms with Gasteiger partial charge in [-0.3, -0.25) is 4.79 Å². The van der Waals surface area contributed by atoms with Crippen LogP contribution in [0.2, 0.25) is 5.02 Å². The summed E-state index contributed by atoms with van der Waals surface area (Å²) in [5.74, 6) is 0.389. The number of hydrogen-bond acceptors (Lipinski definition) is 4. The first kappa shape index (κ1) is 20.6. The Morgan fingerprint density at radius 2 is 1.96 bits per heavy atom. The SMILES string of the molecule is CC(C)Cn1cc(-n2cc(-c3ccc(N)cc3Cl)cn2)ccc1=O.SC1CC1. The van der Waals surface area contributed by atoms with E-state index in [0.717, 1.165) is 22.1 Å². The molecule has 0 unspecified atom stereocenters. The van der Waals surface area contributed by atoms with Crippen molar-refractivity contribution in [2.45, 2.75) is 38.5 Å². The Hall–Kier alpha value is -2.18. The lowest BCUT2D eigenvalue weighted by atomic mass is 10.1. The van der Waals surface area contributed by atoms with Gasteiger partial charge in [-0.15, -0.1) is 0 Å². The molecule has 7 heteroatoms. The van der Waals surface area contributed by atoms with E-state index in [9.17, 15) is 4.79 Å². The third kappa shape index (κ3) is 5.42. The standard InChI is InChI=1S/C18H19ClN4O.C3H6S/c1-12(2)9-22-11-15(4-6-18(22)24)23-10-13(8-21-23)16-5-3-14(20)7-17(16)19;4-3-1-2-3/h3-8,10-12H,9,20H2,1-2H3;3-4H,1-2H2. The van der Waals surface area contributed by atoms with Crippen molar-refractivity contribution in [3.63, 3.8) is 0 Å². The first-order valence-electron chi connectivity index (χ1n) is 9.32. The van der Waals surface area contributed by atoms with Crippen LogP contribution in [0.5, 0.6) is 0 Å². The van der Waals surface area contributed by atoms with Gasteiger partial charge in [0.15, 0.2) is 0 Å². The predicted molar refractivity (Wildman–Crippen MR) is 120 cm³/mol. The maximum Gasteiger partial charge on any atom is 0.250 e. The van der Waals surface area contributed by atoms with Crippen LogP contribution in [0.3, 0.4) is 0 Å². The van der Waals surface area contributed by atoms with Crippen molar-refractivity contribution in [3.05, 3.63) is 64.3 Å². The third-order valence-corrected chi connectivity index (χ3v) is 5.06. The summed E-state index contributed by atoms with van der Waals surface area (Å²) in [5.41, 5.74) is 8.93. The molecule has 0 aliphatic heterocycles. The van der Waals surface area contributed by atoms with Crippen LogP contribution in [0.4, 0.5) is 5.69 Å². The van der Waals surface area contributed by atoms with Crippen molar-refractivity contribution in [1.82, 2.24) is 14.3 Å². The Balaban J connectivity index is 0.000000500. The number of hydrogen-bond donors (Lipinski definition) is 2. The van der Waals surface area contributed by atoms with E-state index in [1.807, 2.05) is 18.5 Å². The van der Waals surface area contributed by atoms with Gasteiger partial charge in [0.1, 0.15) is 0 Å². The molecule has 0 atom stereocenters. The van der Waals surface area contributed by atoms with Gasteiger partial charge in [-0.2, -0.15) is 17.7 Å². The third-order valence-electron chi connectivity index (χ3n) is 4.23. The highest BCUT2D eigenvalue weighted by atomic mass is 35.5. The van der Waals surface area contributed by atoms with Crippen LogP contribution >= 0.6 is 24.2 Å². The van der Waals surface area contributed by atoms with Gasteiger partial charge in [0, 0.05) is 47.1 Å². The lowest BCUT2D eigenvalue weighted by Gasteiger charge is -2.10. The van der Waals surface area contributed by atoms with Gasteiger partial charge >= 0.3 is 0 Å². The second-order valence-electron chi connectivity index (χ2n) is 7.42. The minimum atomic E-state index is -0.0126. The molecule has 2 aromatic heterocycles. The van der Waals surface area contributed by atoms with Crippen molar-refractivity contribution in [2.24, 2.45) is 5.92 Å². The van der Waals surface area contributed by atoms with Crippen LogP contribution < -0.4 is 11.3 Å². The number of aromatic nitrogens is 3. The van der Waals surface area contributed by atoms with Crippen molar-refractivity contribution in [3.8, 4) is 16.8 Å². The van der Waals surface area contributed by atoms with E-state index in [4.69, 9.17) is 17.3 Å². The summed E-state index contributed by atoms with van der Waals surface area (Å²) in [6, 6.07) is 8.73. The highest BCUT2D eigenvalue weighted by Crippen LogP contribution is 2.29. The number of halogens is 1. The summed E-state index contributed by atoms with van der Waals surface area (Å²) in [6.45, 7) is 4.83. The molecule has 1 fully saturated rings. The van der Waals surface area contributed by atoms with Crippen molar-refractivity contribution < 1.29 is 0 Å². The fourth-order valence-corrected chi connectivity index (χ4v) is 3.08. The lowest BCUT2D eigenvalue weighted by Crippen LogP contribution is -2.21. The molecule has 2 N–H and O–H groups in total. The van der Waals surface area contributed by atoms with E-state index in [1.54, 1.807) is 39.7 Å². The number of nitrogen functional groups attached to an aromatic ring is 1. The number of pyridine rings is 1. The van der Waals surface area contributed by atoms with Gasteiger partial charge in [0.05, 0.1) is 16.9 Å². The molecule has 0 radical (unpaired) electrons. The van der Waals surface area contributed by atoms with E-state index in [2.05, 4.69) is 31.6 Å². The molecular weight excluding hydrogens is 392 g/mol. The van der Waals surface area contributed by atoms with Crippen molar-refractivity contribution >= 4 is 29.9 Å². The van der Waals surface area contributed by atoms with Gasteiger partial charge < -0.3 is 10.3 Å². The van der Waals surface area contributed by atoms with Gasteiger partial charge in [-0.1, -0.05) is 31.5 Å². The molecule has 1 aliphatic carbocycles. The molecule has 0 amide bonds. The van der Waals surface area contributed by atoms with E-state index >= 15 is 0 Å². The molecule has 1 aliphatic rings. The number of nitrogens with two attached hydrogens (primary N) is 1. The zero-order valence-electron chi connectivity index (χ0n) is 16.0. The molecule has 148 valence electrons. The lowest BCUT2D eigenvalue weighted by molar-refractivity contribution is 0.509. The minimum Gasteiger partial charge on any atom is -0.399 e. The molecule has 0 saturated heterocycles. The molecular formula is C21H25ClN4OS. The predicted octanol–water partition coefficient (Wildman–Crippen LogP) is 4.67. The first-order chi connectivity index (χ1) is 13.3. The van der Waals surface area contributed by atoms with Crippen molar-refractivity contribution in [1.29, 1.82) is 0 Å². The van der Waals surface area contributed by atoms with Crippen LogP contribution in [0.15, 0.2) is 53.7 Å². The number of benzene rings is 1. The Labute approximate surface area is 175 Å². The molecule has 0 bridgehead atoms. The van der Waals surface area contributed by atoms with E-state index in [0.29, 0.717) is 23.2 Å². The van der Waals surface area contributed by atoms with E-state index in [1.165, 1.54) is 12.8 Å². The van der Waals surface area contributed by atoms with Gasteiger partial charge in [0.2, 0.25) is 0 Å². The summed E-state index contributed by atoms with van der Waals surface area (Å²) >= 11 is 10.3. The van der Waals surface area contributed by atoms with E-state index in [-0.39, 0.29) is 5.56 Å². The van der Waals surface area contributed by atoms with Crippen LogP contribution in [0.25, 0.3) is 16.8 Å². The van der Waals surface area contributed by atoms with E-state index < -0.39 is 0 Å². The molecule has 28 heavy (non-hydrogen) atoms. The van der Waals surface area contributed by atoms with Crippen LogP contribution in [-0.4, -0.2) is 19.6 Å². The second kappa shape index (κ2) is 8.88. The number of rotatable bonds is 4. The smallest absolute Gasteiger partial charge is 0.250 e. The summed E-state index contributed by atoms with van der Waals surface area (Å²) in [7, 11) is 0. The highest BCUT2D eigenvalue weighted by Gasteiger charge is 2.14. The topological polar surface area (TPSA) is 65.8 Å². The van der Waals surface area contributed by atoms with Crippen molar-refractivity contribution in [2.75, 3.05) is 5.73 Å². The molecule has 0 spiro atoms. The summed E-state index contributed by atoms with van der Waals surface area (Å²) in [6.07, 6.45) is 8.15. The maximum atomic E-state index is 11.9. The second-order valence-corrected chi connectivity index (χ2v) is 8.55. The Kier molecular flexibility index (Phi) is 6.52. The largest absolute Gasteiger partial charge is 0.399 e. The summed E-state index contributed by atoms with van der Waals surface area (Å²) < 4.78 is 3.44. The Morgan fingerprint density at radius 1 is 1.25 bits per heavy atom. The highest BCUT2D eigenvalue weighted by molar-refractivity contribution is 7.81. The van der Waals surface area contributed by atoms with Crippen LogP contribution in [0, 0.1) is 5.92 Å². The Morgan fingerprint density at radius 3 is 2.57 bits per heavy atom. The molecule has 4 rings (SSSR count). The molecule has 3 aromatic rings. The fraction of sp³-hybridized carbons (Fsp3) is 0.333. The number of nitrogens with zero attached hydrogens (tertiary/aromatic N) is 3. The molecule has 1 saturated carbocycles. The van der Waals surface area contributed by atoms with Crippen LogP contribution in [-0.2, 0) is 6.54 Å². The minimum absolute atomic E-state index is 0.0126. The number of anilines is 1. The normalized spacial score (nSPS) is 13.3. The molecule has 2 heterocycles. The van der Waals surface area contributed by atoms with Gasteiger partial charge in [0.25, 0.3) is 5.56 Å². The first-order valence-corrected chi connectivity index (χ1v) is 10.2. The quantitative estimate of drug-likeness (QED) is 0.479. The van der Waals surface area contributed by atoms with Gasteiger partial charge in [-0.25, -0.2) is 4.68 Å². The fourth-order valence-electron chi connectivity index (χ4n) is 2.63. The molecule has 1 aromatic carbocycles. The summed E-state index contributed by atoms with van der Waals surface area (Å²) in [5, 5.41) is 5.75. The average Bonchev–Trinajstić information content (AvgIpc) is 3.26. The zero-order chi connectivity index (χ0) is 20.3. The number of thiol groups is 1. The zero-order valence-corrected chi connectivity index (χ0v) is 17.7. The van der Waals surface area contributed by atoms with Crippen LogP contribution in [0.1, 0.15) is 26.7 Å². The molecule has 5 nitrogen and oxygen atoms in total. The average molecular weight is 417 g/mol. The summed E-state index contributed by atoms with van der Waals surface area (Å²) in [4.78, 5) is 11.9. The monoisotopic (exact) mass is 416 g/mol. The Bertz CT molecular complexity index is 1010.